The lowest BCUT2D eigenvalue weighted by Crippen LogP contribution is -2.32. The number of fused-ring (bicyclic) bond motifs is 1. The van der Waals surface area contributed by atoms with Crippen LogP contribution in [0.25, 0.3) is 0 Å². The van der Waals surface area contributed by atoms with Gasteiger partial charge in [-0.05, 0) is 55.6 Å². The number of hydrogen-bond acceptors (Lipinski definition) is 2. The second-order valence-corrected chi connectivity index (χ2v) is 6.61. The second-order valence-electron chi connectivity index (χ2n) is 6.18. The van der Waals surface area contributed by atoms with E-state index in [0.717, 1.165) is 24.1 Å². The van der Waals surface area contributed by atoms with Gasteiger partial charge in [-0.15, -0.1) is 0 Å². The maximum atomic E-state index is 12.4. The number of nitrogens with zero attached hydrogens (tertiary/aromatic N) is 1. The summed E-state index contributed by atoms with van der Waals surface area (Å²) in [4.78, 5) is 14.5. The zero-order valence-electron chi connectivity index (χ0n) is 13.5. The van der Waals surface area contributed by atoms with E-state index in [1.54, 1.807) is 6.07 Å². The molecule has 0 saturated heterocycles. The van der Waals surface area contributed by atoms with Gasteiger partial charge in [0.15, 0.2) is 0 Å². The molecule has 23 heavy (non-hydrogen) atoms. The van der Waals surface area contributed by atoms with Gasteiger partial charge in [-0.1, -0.05) is 41.9 Å². The summed E-state index contributed by atoms with van der Waals surface area (Å²) in [5.74, 6) is -0.0118. The number of nitrogens with one attached hydrogen (secondary N) is 1. The Bertz CT molecular complexity index is 729. The number of carbonyl (C=O) groups is 1. The zero-order valence-corrected chi connectivity index (χ0v) is 14.2. The van der Waals surface area contributed by atoms with Gasteiger partial charge in [0.25, 0.3) is 0 Å². The van der Waals surface area contributed by atoms with Crippen LogP contribution in [0.1, 0.15) is 29.2 Å². The number of benzene rings is 2. The van der Waals surface area contributed by atoms with Crippen molar-refractivity contribution in [2.24, 2.45) is 0 Å². The Balaban J connectivity index is 1.65. The second kappa shape index (κ2) is 6.73. The van der Waals surface area contributed by atoms with Crippen LogP contribution in [0.5, 0.6) is 0 Å². The molecule has 1 N–H and O–H groups in total. The Morgan fingerprint density at radius 2 is 2.09 bits per heavy atom. The van der Waals surface area contributed by atoms with E-state index in [9.17, 15) is 4.79 Å². The molecule has 0 unspecified atom stereocenters. The summed E-state index contributed by atoms with van der Waals surface area (Å²) in [5.41, 5.74) is 4.54. The largest absolute Gasteiger partial charge is 0.325 e. The quantitative estimate of drug-likeness (QED) is 0.912. The van der Waals surface area contributed by atoms with Crippen LogP contribution in [0.2, 0.25) is 5.02 Å². The summed E-state index contributed by atoms with van der Waals surface area (Å²) in [6.45, 7) is 2.33. The highest BCUT2D eigenvalue weighted by Gasteiger charge is 2.26. The average molecular weight is 329 g/mol. The molecule has 0 aromatic heterocycles. The SMILES string of the molecule is Cc1ccc(Cl)cc1NC(=O)CN(C)[C@H]1CCc2ccccc21. The van der Waals surface area contributed by atoms with Gasteiger partial charge in [0.2, 0.25) is 5.91 Å². The van der Waals surface area contributed by atoms with Gasteiger partial charge in [-0.25, -0.2) is 0 Å². The molecule has 2 aromatic rings. The fourth-order valence-corrected chi connectivity index (χ4v) is 3.42. The molecule has 4 heteroatoms. The van der Waals surface area contributed by atoms with Crippen LogP contribution in [0.3, 0.4) is 0 Å². The molecule has 1 aliphatic rings. The lowest BCUT2D eigenvalue weighted by Gasteiger charge is -2.24. The van der Waals surface area contributed by atoms with Gasteiger partial charge in [-0.3, -0.25) is 9.69 Å². The highest BCUT2D eigenvalue weighted by Crippen LogP contribution is 2.34. The van der Waals surface area contributed by atoms with Gasteiger partial charge >= 0.3 is 0 Å². The van der Waals surface area contributed by atoms with Crippen molar-refractivity contribution < 1.29 is 4.79 Å². The van der Waals surface area contributed by atoms with Crippen LogP contribution in [0.4, 0.5) is 5.69 Å². The number of aryl methyl sites for hydroxylation is 2. The Labute approximate surface area is 142 Å². The fraction of sp³-hybridized carbons (Fsp3) is 0.316. The third-order valence-corrected chi connectivity index (χ3v) is 4.74. The predicted octanol–water partition coefficient (Wildman–Crippen LogP) is 4.21. The van der Waals surface area contributed by atoms with E-state index in [1.807, 2.05) is 26.1 Å². The molecule has 1 aliphatic carbocycles. The molecule has 0 radical (unpaired) electrons. The fourth-order valence-electron chi connectivity index (χ4n) is 3.25. The Kier molecular flexibility index (Phi) is 4.69. The van der Waals surface area contributed by atoms with Gasteiger partial charge in [0.1, 0.15) is 0 Å². The molecule has 120 valence electrons. The lowest BCUT2D eigenvalue weighted by molar-refractivity contribution is -0.117. The number of carbonyl (C=O) groups excluding carboxylic acids is 1. The molecular weight excluding hydrogens is 308 g/mol. The van der Waals surface area contributed by atoms with Gasteiger partial charge in [-0.2, -0.15) is 0 Å². The molecule has 0 bridgehead atoms. The standard InChI is InChI=1S/C19H21ClN2O/c1-13-7-9-15(20)11-17(13)21-19(23)12-22(2)18-10-8-14-5-3-4-6-16(14)18/h3-7,9,11,18H,8,10,12H2,1-2H3,(H,21,23)/t18-/m0/s1. The van der Waals surface area contributed by atoms with Crippen molar-refractivity contribution in [1.29, 1.82) is 0 Å². The smallest absolute Gasteiger partial charge is 0.238 e. The highest BCUT2D eigenvalue weighted by atomic mass is 35.5. The van der Waals surface area contributed by atoms with E-state index in [2.05, 4.69) is 34.5 Å². The van der Waals surface area contributed by atoms with Crippen molar-refractivity contribution >= 4 is 23.2 Å². The van der Waals surface area contributed by atoms with Crippen molar-refractivity contribution in [1.82, 2.24) is 4.90 Å². The first kappa shape index (κ1) is 16.0. The Hall–Kier alpha value is -1.84. The Morgan fingerprint density at radius 3 is 2.91 bits per heavy atom. The van der Waals surface area contributed by atoms with Crippen LogP contribution in [-0.2, 0) is 11.2 Å². The van der Waals surface area contributed by atoms with Crippen molar-refractivity contribution in [3.05, 3.63) is 64.2 Å². The maximum Gasteiger partial charge on any atom is 0.238 e. The molecule has 0 heterocycles. The summed E-state index contributed by atoms with van der Waals surface area (Å²) in [5, 5.41) is 3.59. The number of halogens is 1. The first-order valence-corrected chi connectivity index (χ1v) is 8.26. The van der Waals surface area contributed by atoms with Crippen molar-refractivity contribution in [3.8, 4) is 0 Å². The summed E-state index contributed by atoms with van der Waals surface area (Å²) >= 11 is 6.00. The van der Waals surface area contributed by atoms with Crippen LogP contribution in [-0.4, -0.2) is 24.4 Å². The molecule has 1 amide bonds. The third kappa shape index (κ3) is 3.57. The Morgan fingerprint density at radius 1 is 1.30 bits per heavy atom. The first-order chi connectivity index (χ1) is 11.0. The number of amides is 1. The van der Waals surface area contributed by atoms with Gasteiger partial charge < -0.3 is 5.32 Å². The summed E-state index contributed by atoms with van der Waals surface area (Å²) < 4.78 is 0. The van der Waals surface area contributed by atoms with Crippen LogP contribution < -0.4 is 5.32 Å². The number of rotatable bonds is 4. The molecule has 0 spiro atoms. The van der Waals surface area contributed by atoms with Crippen molar-refractivity contribution in [2.45, 2.75) is 25.8 Å². The molecular formula is C19H21ClN2O. The number of anilines is 1. The third-order valence-electron chi connectivity index (χ3n) is 4.50. The lowest BCUT2D eigenvalue weighted by atomic mass is 10.1. The zero-order chi connectivity index (χ0) is 16.4. The van der Waals surface area contributed by atoms with E-state index < -0.39 is 0 Å². The number of hydrogen-bond donors (Lipinski definition) is 1. The van der Waals surface area contributed by atoms with Crippen LogP contribution in [0.15, 0.2) is 42.5 Å². The first-order valence-electron chi connectivity index (χ1n) is 7.88. The van der Waals surface area contributed by atoms with Crippen molar-refractivity contribution in [2.75, 3.05) is 18.9 Å². The van der Waals surface area contributed by atoms with Gasteiger partial charge in [0, 0.05) is 16.8 Å². The van der Waals surface area contributed by atoms with E-state index in [-0.39, 0.29) is 5.91 Å². The molecule has 0 fully saturated rings. The average Bonchev–Trinajstić information content (AvgIpc) is 2.95. The van der Waals surface area contributed by atoms with Crippen LogP contribution >= 0.6 is 11.6 Å². The van der Waals surface area contributed by atoms with Crippen molar-refractivity contribution in [3.63, 3.8) is 0 Å². The molecule has 2 aromatic carbocycles. The minimum atomic E-state index is -0.0118. The van der Waals surface area contributed by atoms with Gasteiger partial charge in [0.05, 0.1) is 6.54 Å². The monoisotopic (exact) mass is 328 g/mol. The molecule has 1 atom stereocenters. The normalized spacial score (nSPS) is 16.4. The minimum Gasteiger partial charge on any atom is -0.325 e. The van der Waals surface area contributed by atoms with E-state index >= 15 is 0 Å². The minimum absolute atomic E-state index is 0.0118. The molecule has 0 aliphatic heterocycles. The number of likely N-dealkylation sites (N-methyl/N-ethyl adjacent to an activating group) is 1. The molecule has 3 nitrogen and oxygen atoms in total. The predicted molar refractivity (Wildman–Crippen MR) is 95.0 cm³/mol. The highest BCUT2D eigenvalue weighted by molar-refractivity contribution is 6.31. The van der Waals surface area contributed by atoms with Crippen LogP contribution in [0, 0.1) is 6.92 Å². The maximum absolute atomic E-state index is 12.4. The van der Waals surface area contributed by atoms with E-state index in [0.29, 0.717) is 17.6 Å². The molecule has 0 saturated carbocycles. The molecule has 3 rings (SSSR count). The summed E-state index contributed by atoms with van der Waals surface area (Å²) in [7, 11) is 2.01. The van der Waals surface area contributed by atoms with E-state index in [4.69, 9.17) is 11.6 Å². The summed E-state index contributed by atoms with van der Waals surface area (Å²) in [6.07, 6.45) is 2.15. The van der Waals surface area contributed by atoms with E-state index in [1.165, 1.54) is 11.1 Å². The summed E-state index contributed by atoms with van der Waals surface area (Å²) in [6, 6.07) is 14.3. The topological polar surface area (TPSA) is 32.3 Å².